The molecule has 34 heavy (non-hydrogen) atoms. The number of carbonyl (C=O) groups is 4. The van der Waals surface area contributed by atoms with Gasteiger partial charge in [0.2, 0.25) is 0 Å². The standard InChI is InChI=1S/C24H45N3O7/c1-22(2,3)32-18(28)14-13-17(20(30)34-24(7,8)9)27-21(31)26-15-11-10-12-16(25)19(29)33-23(4,5)6/h16-17H,10-15,25H2,1-9H3,(H2,26,27,31). The smallest absolute Gasteiger partial charge is 0.329 e. The highest BCUT2D eigenvalue weighted by Crippen LogP contribution is 2.14. The molecule has 0 spiro atoms. The summed E-state index contributed by atoms with van der Waals surface area (Å²) in [4.78, 5) is 48.8. The van der Waals surface area contributed by atoms with Gasteiger partial charge in [0.05, 0.1) is 0 Å². The molecule has 0 aliphatic rings. The molecule has 0 rings (SSSR count). The number of ether oxygens (including phenoxy) is 3. The number of esters is 3. The van der Waals surface area contributed by atoms with E-state index < -0.39 is 52.8 Å². The van der Waals surface area contributed by atoms with Crippen molar-refractivity contribution < 1.29 is 33.4 Å². The zero-order valence-corrected chi connectivity index (χ0v) is 22.3. The van der Waals surface area contributed by atoms with E-state index in [4.69, 9.17) is 19.9 Å². The van der Waals surface area contributed by atoms with E-state index in [1.165, 1.54) is 0 Å². The first kappa shape index (κ1) is 31.6. The van der Waals surface area contributed by atoms with Gasteiger partial charge in [-0.05, 0) is 88.0 Å². The van der Waals surface area contributed by atoms with Crippen molar-refractivity contribution in [2.24, 2.45) is 5.73 Å². The van der Waals surface area contributed by atoms with Gasteiger partial charge in [-0.3, -0.25) is 9.59 Å². The molecule has 2 amide bonds. The first-order valence-electron chi connectivity index (χ1n) is 11.8. The average molecular weight is 488 g/mol. The lowest BCUT2D eigenvalue weighted by Crippen LogP contribution is -2.48. The van der Waals surface area contributed by atoms with Gasteiger partial charge < -0.3 is 30.6 Å². The minimum atomic E-state index is -1.01. The van der Waals surface area contributed by atoms with Crippen LogP contribution in [-0.2, 0) is 28.6 Å². The molecule has 4 N–H and O–H groups in total. The Balaban J connectivity index is 4.62. The van der Waals surface area contributed by atoms with Crippen molar-refractivity contribution in [2.45, 2.75) is 123 Å². The number of carbonyl (C=O) groups excluding carboxylic acids is 4. The average Bonchev–Trinajstić information content (AvgIpc) is 2.60. The van der Waals surface area contributed by atoms with Crippen LogP contribution in [-0.4, -0.2) is 59.4 Å². The molecule has 0 radical (unpaired) electrons. The van der Waals surface area contributed by atoms with Gasteiger partial charge in [-0.15, -0.1) is 0 Å². The number of rotatable bonds is 11. The van der Waals surface area contributed by atoms with Crippen LogP contribution < -0.4 is 16.4 Å². The second kappa shape index (κ2) is 13.5. The summed E-state index contributed by atoms with van der Waals surface area (Å²) in [6.07, 6.45) is 1.61. The summed E-state index contributed by atoms with van der Waals surface area (Å²) < 4.78 is 15.9. The fraction of sp³-hybridized carbons (Fsp3) is 0.833. The quantitative estimate of drug-likeness (QED) is 0.229. The van der Waals surface area contributed by atoms with Gasteiger partial charge in [-0.25, -0.2) is 9.59 Å². The van der Waals surface area contributed by atoms with Crippen LogP contribution in [0.1, 0.15) is 94.4 Å². The van der Waals surface area contributed by atoms with Crippen LogP contribution in [0.5, 0.6) is 0 Å². The number of urea groups is 1. The Morgan fingerprint density at radius 1 is 0.735 bits per heavy atom. The molecule has 0 fully saturated rings. The maximum absolute atomic E-state index is 12.5. The van der Waals surface area contributed by atoms with Crippen LogP contribution in [0, 0.1) is 0 Å². The Hall–Kier alpha value is -2.36. The molecule has 2 unspecified atom stereocenters. The summed E-state index contributed by atoms with van der Waals surface area (Å²) in [7, 11) is 0. The van der Waals surface area contributed by atoms with E-state index in [9.17, 15) is 19.2 Å². The van der Waals surface area contributed by atoms with Crippen LogP contribution in [0.2, 0.25) is 0 Å². The van der Waals surface area contributed by atoms with E-state index in [0.29, 0.717) is 25.8 Å². The molecule has 0 saturated heterocycles. The van der Waals surface area contributed by atoms with Crippen molar-refractivity contribution in [1.82, 2.24) is 10.6 Å². The number of nitrogens with two attached hydrogens (primary N) is 1. The summed E-state index contributed by atoms with van der Waals surface area (Å²) in [6, 6.07) is -2.29. The van der Waals surface area contributed by atoms with Gasteiger partial charge in [0.1, 0.15) is 28.9 Å². The molecule has 0 aliphatic heterocycles. The number of amides is 2. The van der Waals surface area contributed by atoms with Crippen LogP contribution in [0.25, 0.3) is 0 Å². The Kier molecular flexibility index (Phi) is 12.6. The van der Waals surface area contributed by atoms with Gasteiger partial charge in [0.25, 0.3) is 0 Å². The van der Waals surface area contributed by atoms with E-state index in [1.54, 1.807) is 62.3 Å². The highest BCUT2D eigenvalue weighted by Gasteiger charge is 2.28. The fourth-order valence-electron chi connectivity index (χ4n) is 2.67. The maximum atomic E-state index is 12.5. The second-order valence-corrected chi connectivity index (χ2v) is 11.2. The van der Waals surface area contributed by atoms with E-state index in [0.717, 1.165) is 0 Å². The van der Waals surface area contributed by atoms with Crippen LogP contribution in [0.3, 0.4) is 0 Å². The minimum absolute atomic E-state index is 0.0436. The molecule has 0 aromatic rings. The molecule has 10 heteroatoms. The van der Waals surface area contributed by atoms with Crippen molar-refractivity contribution in [2.75, 3.05) is 6.54 Å². The molecule has 0 aromatic heterocycles. The van der Waals surface area contributed by atoms with Crippen molar-refractivity contribution >= 4 is 23.9 Å². The summed E-state index contributed by atoms with van der Waals surface area (Å²) in [5.74, 6) is -1.55. The Morgan fingerprint density at radius 3 is 1.74 bits per heavy atom. The predicted octanol–water partition coefficient (Wildman–Crippen LogP) is 2.96. The Labute approximate surface area is 204 Å². The zero-order valence-electron chi connectivity index (χ0n) is 22.3. The summed E-state index contributed by atoms with van der Waals surface area (Å²) in [5.41, 5.74) is 3.87. The molecule has 0 bridgehead atoms. The van der Waals surface area contributed by atoms with E-state index in [2.05, 4.69) is 10.6 Å². The van der Waals surface area contributed by atoms with Gasteiger partial charge >= 0.3 is 23.9 Å². The normalized spacial score (nSPS) is 13.9. The molecule has 198 valence electrons. The van der Waals surface area contributed by atoms with Crippen molar-refractivity contribution in [3.8, 4) is 0 Å². The maximum Gasteiger partial charge on any atom is 0.329 e. The van der Waals surface area contributed by atoms with Gasteiger partial charge in [0, 0.05) is 13.0 Å². The number of hydrogen-bond donors (Lipinski definition) is 3. The third-order valence-electron chi connectivity index (χ3n) is 3.99. The second-order valence-electron chi connectivity index (χ2n) is 11.2. The third-order valence-corrected chi connectivity index (χ3v) is 3.99. The molecule has 0 aromatic carbocycles. The minimum Gasteiger partial charge on any atom is -0.460 e. The van der Waals surface area contributed by atoms with Crippen molar-refractivity contribution in [1.29, 1.82) is 0 Å². The van der Waals surface area contributed by atoms with E-state index in [-0.39, 0.29) is 12.8 Å². The predicted molar refractivity (Wildman–Crippen MR) is 129 cm³/mol. The first-order chi connectivity index (χ1) is 15.3. The van der Waals surface area contributed by atoms with Crippen molar-refractivity contribution in [3.63, 3.8) is 0 Å². The van der Waals surface area contributed by atoms with Crippen LogP contribution in [0.4, 0.5) is 4.79 Å². The first-order valence-corrected chi connectivity index (χ1v) is 11.8. The Bertz CT molecular complexity index is 688. The lowest BCUT2D eigenvalue weighted by molar-refractivity contribution is -0.159. The monoisotopic (exact) mass is 487 g/mol. The summed E-state index contributed by atoms with van der Waals surface area (Å²) >= 11 is 0. The van der Waals surface area contributed by atoms with Crippen LogP contribution >= 0.6 is 0 Å². The number of unbranched alkanes of at least 4 members (excludes halogenated alkanes) is 1. The van der Waals surface area contributed by atoms with Gasteiger partial charge in [-0.2, -0.15) is 0 Å². The highest BCUT2D eigenvalue weighted by molar-refractivity contribution is 5.84. The van der Waals surface area contributed by atoms with E-state index in [1.807, 2.05) is 0 Å². The van der Waals surface area contributed by atoms with Gasteiger partial charge in [-0.1, -0.05) is 0 Å². The Morgan fingerprint density at radius 2 is 1.24 bits per heavy atom. The van der Waals surface area contributed by atoms with Crippen LogP contribution in [0.15, 0.2) is 0 Å². The summed E-state index contributed by atoms with van der Waals surface area (Å²) in [5, 5.41) is 5.24. The lowest BCUT2D eigenvalue weighted by atomic mass is 10.1. The number of nitrogens with one attached hydrogen (secondary N) is 2. The molecular formula is C24H45N3O7. The SMILES string of the molecule is CC(C)(C)OC(=O)CCC(NC(=O)NCCCCC(N)C(=O)OC(C)(C)C)C(=O)OC(C)(C)C. The molecule has 0 aliphatic carbocycles. The molecular weight excluding hydrogens is 442 g/mol. The molecule has 0 saturated carbocycles. The lowest BCUT2D eigenvalue weighted by Gasteiger charge is -2.25. The molecule has 2 atom stereocenters. The molecule has 10 nitrogen and oxygen atoms in total. The van der Waals surface area contributed by atoms with E-state index >= 15 is 0 Å². The topological polar surface area (TPSA) is 146 Å². The fourth-order valence-corrected chi connectivity index (χ4v) is 2.67. The molecule has 0 heterocycles. The largest absolute Gasteiger partial charge is 0.460 e. The third kappa shape index (κ3) is 17.2. The van der Waals surface area contributed by atoms with Crippen molar-refractivity contribution in [3.05, 3.63) is 0 Å². The summed E-state index contributed by atoms with van der Waals surface area (Å²) in [6.45, 7) is 16.1. The van der Waals surface area contributed by atoms with Gasteiger partial charge in [0.15, 0.2) is 0 Å². The number of hydrogen-bond acceptors (Lipinski definition) is 8. The highest BCUT2D eigenvalue weighted by atomic mass is 16.6. The zero-order chi connectivity index (χ0) is 26.7.